The fourth-order valence-electron chi connectivity index (χ4n) is 2.43. The summed E-state index contributed by atoms with van der Waals surface area (Å²) in [6.07, 6.45) is 1.78. The van der Waals surface area contributed by atoms with Gasteiger partial charge in [0, 0.05) is 0 Å². The molecule has 1 aliphatic rings. The number of nitrogens with zero attached hydrogens (tertiary/aromatic N) is 2. The molecule has 3 rings (SSSR count). The average molecular weight is 283 g/mol. The molecule has 0 saturated carbocycles. The summed E-state index contributed by atoms with van der Waals surface area (Å²) in [5.41, 5.74) is 3.23. The standard InChI is InChI=1S/C16H17N3O2/c1-2-15(20)13-8-7-11(9-17-13)19-10-16(21)18-12-5-3-4-6-14(12)19/h3-9,15,20H,2,10H2,1H3,(H,18,21). The maximum atomic E-state index is 11.8. The molecule has 2 N–H and O–H groups in total. The summed E-state index contributed by atoms with van der Waals surface area (Å²) < 4.78 is 0. The highest BCUT2D eigenvalue weighted by Gasteiger charge is 2.23. The number of fused-ring (bicyclic) bond motifs is 1. The van der Waals surface area contributed by atoms with Crippen LogP contribution in [0.3, 0.4) is 0 Å². The van der Waals surface area contributed by atoms with Crippen molar-refractivity contribution in [1.82, 2.24) is 4.98 Å². The Kier molecular flexibility index (Phi) is 3.58. The number of rotatable bonds is 3. The number of para-hydroxylation sites is 2. The predicted molar refractivity (Wildman–Crippen MR) is 81.6 cm³/mol. The number of benzene rings is 1. The first kappa shape index (κ1) is 13.6. The van der Waals surface area contributed by atoms with Crippen molar-refractivity contribution in [2.75, 3.05) is 16.8 Å². The molecule has 1 amide bonds. The molecular weight excluding hydrogens is 266 g/mol. The zero-order chi connectivity index (χ0) is 14.8. The molecule has 0 aliphatic carbocycles. The summed E-state index contributed by atoms with van der Waals surface area (Å²) >= 11 is 0. The number of aromatic nitrogens is 1. The Hall–Kier alpha value is -2.40. The molecule has 1 aromatic carbocycles. The Morgan fingerprint density at radius 1 is 1.33 bits per heavy atom. The topological polar surface area (TPSA) is 65.5 Å². The van der Waals surface area contributed by atoms with E-state index in [9.17, 15) is 9.90 Å². The fraction of sp³-hybridized carbons (Fsp3) is 0.250. The van der Waals surface area contributed by atoms with Crippen molar-refractivity contribution in [3.8, 4) is 0 Å². The van der Waals surface area contributed by atoms with Crippen LogP contribution >= 0.6 is 0 Å². The second kappa shape index (κ2) is 5.54. The van der Waals surface area contributed by atoms with Gasteiger partial charge in [0.05, 0.1) is 35.1 Å². The summed E-state index contributed by atoms with van der Waals surface area (Å²) in [6.45, 7) is 2.17. The quantitative estimate of drug-likeness (QED) is 0.908. The summed E-state index contributed by atoms with van der Waals surface area (Å²) in [4.78, 5) is 18.0. The molecule has 2 aromatic rings. The van der Waals surface area contributed by atoms with E-state index < -0.39 is 6.10 Å². The normalized spacial score (nSPS) is 15.3. The predicted octanol–water partition coefficient (Wildman–Crippen LogP) is 2.62. The largest absolute Gasteiger partial charge is 0.387 e. The van der Waals surface area contributed by atoms with Crippen LogP contribution in [0.5, 0.6) is 0 Å². The average Bonchev–Trinajstić information content (AvgIpc) is 2.53. The lowest BCUT2D eigenvalue weighted by Gasteiger charge is -2.30. The minimum atomic E-state index is -0.545. The van der Waals surface area contributed by atoms with Gasteiger partial charge in [-0.15, -0.1) is 0 Å². The fourth-order valence-corrected chi connectivity index (χ4v) is 2.43. The number of nitrogens with one attached hydrogen (secondary N) is 1. The van der Waals surface area contributed by atoms with Crippen molar-refractivity contribution >= 4 is 23.0 Å². The van der Waals surface area contributed by atoms with E-state index in [-0.39, 0.29) is 12.5 Å². The summed E-state index contributed by atoms with van der Waals surface area (Å²) in [6, 6.07) is 11.4. The van der Waals surface area contributed by atoms with Crippen LogP contribution in [-0.2, 0) is 4.79 Å². The van der Waals surface area contributed by atoms with E-state index in [1.165, 1.54) is 0 Å². The van der Waals surface area contributed by atoms with E-state index in [4.69, 9.17) is 0 Å². The highest BCUT2D eigenvalue weighted by Crippen LogP contribution is 2.34. The molecule has 108 valence electrons. The molecular formula is C16H17N3O2. The van der Waals surface area contributed by atoms with Gasteiger partial charge in [-0.2, -0.15) is 0 Å². The Balaban J connectivity index is 1.95. The summed E-state index contributed by atoms with van der Waals surface area (Å²) in [5, 5.41) is 12.6. The van der Waals surface area contributed by atoms with Gasteiger partial charge in [0.15, 0.2) is 0 Å². The van der Waals surface area contributed by atoms with Crippen molar-refractivity contribution in [3.05, 3.63) is 48.3 Å². The molecule has 0 bridgehead atoms. The highest BCUT2D eigenvalue weighted by molar-refractivity contribution is 6.03. The minimum Gasteiger partial charge on any atom is -0.387 e. The smallest absolute Gasteiger partial charge is 0.244 e. The SMILES string of the molecule is CCC(O)c1ccc(N2CC(=O)Nc3ccccc32)cn1. The molecule has 5 nitrogen and oxygen atoms in total. The van der Waals surface area contributed by atoms with Crippen molar-refractivity contribution < 1.29 is 9.90 Å². The van der Waals surface area contributed by atoms with E-state index in [0.29, 0.717) is 12.1 Å². The number of carbonyl (C=O) groups is 1. The maximum absolute atomic E-state index is 11.8. The van der Waals surface area contributed by atoms with Gasteiger partial charge >= 0.3 is 0 Å². The van der Waals surface area contributed by atoms with Gasteiger partial charge in [-0.25, -0.2) is 0 Å². The minimum absolute atomic E-state index is 0.0497. The lowest BCUT2D eigenvalue weighted by atomic mass is 10.1. The first-order chi connectivity index (χ1) is 10.2. The van der Waals surface area contributed by atoms with Crippen LogP contribution in [0, 0.1) is 0 Å². The number of aliphatic hydroxyl groups is 1. The highest BCUT2D eigenvalue weighted by atomic mass is 16.3. The van der Waals surface area contributed by atoms with Crippen LogP contribution in [-0.4, -0.2) is 22.5 Å². The molecule has 0 radical (unpaired) electrons. The van der Waals surface area contributed by atoms with Gasteiger partial charge in [-0.3, -0.25) is 9.78 Å². The molecule has 1 unspecified atom stereocenters. The number of hydrogen-bond acceptors (Lipinski definition) is 4. The van der Waals surface area contributed by atoms with Gasteiger partial charge in [0.1, 0.15) is 6.54 Å². The second-order valence-electron chi connectivity index (χ2n) is 5.02. The van der Waals surface area contributed by atoms with E-state index in [1.807, 2.05) is 42.2 Å². The molecule has 2 heterocycles. The third-order valence-corrected chi connectivity index (χ3v) is 3.58. The van der Waals surface area contributed by atoms with E-state index in [1.54, 1.807) is 12.3 Å². The lowest BCUT2D eigenvalue weighted by Crippen LogP contribution is -2.35. The zero-order valence-electron chi connectivity index (χ0n) is 11.8. The van der Waals surface area contributed by atoms with Gasteiger partial charge in [-0.05, 0) is 30.7 Å². The Morgan fingerprint density at radius 2 is 2.14 bits per heavy atom. The Bertz CT molecular complexity index is 655. The van der Waals surface area contributed by atoms with Crippen molar-refractivity contribution in [2.45, 2.75) is 19.4 Å². The van der Waals surface area contributed by atoms with Gasteiger partial charge in [0.25, 0.3) is 0 Å². The molecule has 0 saturated heterocycles. The number of carbonyl (C=O) groups excluding carboxylic acids is 1. The molecule has 5 heteroatoms. The van der Waals surface area contributed by atoms with Crippen LogP contribution in [0.2, 0.25) is 0 Å². The van der Waals surface area contributed by atoms with Crippen LogP contribution in [0.1, 0.15) is 25.1 Å². The summed E-state index contributed by atoms with van der Waals surface area (Å²) in [7, 11) is 0. The van der Waals surface area contributed by atoms with Gasteiger partial charge in [-0.1, -0.05) is 19.1 Å². The molecule has 0 spiro atoms. The lowest BCUT2D eigenvalue weighted by molar-refractivity contribution is -0.115. The first-order valence-electron chi connectivity index (χ1n) is 6.99. The number of pyridine rings is 1. The van der Waals surface area contributed by atoms with Gasteiger partial charge in [0.2, 0.25) is 5.91 Å². The second-order valence-corrected chi connectivity index (χ2v) is 5.02. The number of anilines is 3. The van der Waals surface area contributed by atoms with E-state index >= 15 is 0 Å². The molecule has 1 atom stereocenters. The van der Waals surface area contributed by atoms with Crippen LogP contribution in [0.15, 0.2) is 42.6 Å². The third kappa shape index (κ3) is 2.60. The van der Waals surface area contributed by atoms with E-state index in [2.05, 4.69) is 10.3 Å². The first-order valence-corrected chi connectivity index (χ1v) is 6.99. The van der Waals surface area contributed by atoms with E-state index in [0.717, 1.165) is 17.1 Å². The Labute approximate surface area is 123 Å². The molecule has 1 aromatic heterocycles. The van der Waals surface area contributed by atoms with Crippen LogP contribution in [0.4, 0.5) is 17.1 Å². The molecule has 0 fully saturated rings. The third-order valence-electron chi connectivity index (χ3n) is 3.58. The monoisotopic (exact) mass is 283 g/mol. The maximum Gasteiger partial charge on any atom is 0.244 e. The van der Waals surface area contributed by atoms with Crippen molar-refractivity contribution in [3.63, 3.8) is 0 Å². The molecule has 1 aliphatic heterocycles. The summed E-state index contributed by atoms with van der Waals surface area (Å²) in [5.74, 6) is -0.0497. The Morgan fingerprint density at radius 3 is 2.86 bits per heavy atom. The van der Waals surface area contributed by atoms with Crippen LogP contribution in [0.25, 0.3) is 0 Å². The van der Waals surface area contributed by atoms with Crippen molar-refractivity contribution in [1.29, 1.82) is 0 Å². The number of hydrogen-bond donors (Lipinski definition) is 2. The van der Waals surface area contributed by atoms with Crippen LogP contribution < -0.4 is 10.2 Å². The number of amides is 1. The number of aliphatic hydroxyl groups excluding tert-OH is 1. The van der Waals surface area contributed by atoms with Gasteiger partial charge < -0.3 is 15.3 Å². The molecule has 21 heavy (non-hydrogen) atoms. The van der Waals surface area contributed by atoms with Crippen molar-refractivity contribution in [2.24, 2.45) is 0 Å². The zero-order valence-corrected chi connectivity index (χ0v) is 11.8.